The predicted molar refractivity (Wildman–Crippen MR) is 71.5 cm³/mol. The van der Waals surface area contributed by atoms with Crippen molar-refractivity contribution in [2.45, 2.75) is 18.2 Å². The molecular formula is C12H17N3OS. The lowest BCUT2D eigenvalue weighted by Gasteiger charge is -2.07. The van der Waals surface area contributed by atoms with Crippen LogP contribution in [-0.2, 0) is 0 Å². The smallest absolute Gasteiger partial charge is 0.166 e. The average Bonchev–Trinajstić information content (AvgIpc) is 2.68. The third-order valence-corrected chi connectivity index (χ3v) is 3.49. The summed E-state index contributed by atoms with van der Waals surface area (Å²) in [6.07, 6.45) is -0.347. The number of thioether (sulfide) groups is 1. The number of rotatable bonds is 5. The Bertz CT molecular complexity index is 497. The molecule has 0 amide bonds. The van der Waals surface area contributed by atoms with Crippen LogP contribution in [0.25, 0.3) is 11.0 Å². The molecule has 1 atom stereocenters. The summed E-state index contributed by atoms with van der Waals surface area (Å²) >= 11 is 1.54. The van der Waals surface area contributed by atoms with Gasteiger partial charge in [0, 0.05) is 12.3 Å². The molecule has 0 bridgehead atoms. The normalized spacial score (nSPS) is 13.1. The van der Waals surface area contributed by atoms with Gasteiger partial charge in [-0.15, -0.1) is 0 Å². The number of nitrogens with zero attached hydrogens (tertiary/aromatic N) is 1. The highest BCUT2D eigenvalue weighted by molar-refractivity contribution is 7.99. The summed E-state index contributed by atoms with van der Waals surface area (Å²) in [5.41, 5.74) is 3.24. The maximum Gasteiger partial charge on any atom is 0.166 e. The van der Waals surface area contributed by atoms with Gasteiger partial charge in [-0.3, -0.25) is 0 Å². The molecule has 0 aliphatic rings. The predicted octanol–water partition coefficient (Wildman–Crippen LogP) is 1.54. The van der Waals surface area contributed by atoms with Crippen LogP contribution in [0.1, 0.15) is 5.56 Å². The van der Waals surface area contributed by atoms with Gasteiger partial charge in [-0.1, -0.05) is 17.8 Å². The highest BCUT2D eigenvalue weighted by Crippen LogP contribution is 2.20. The first kappa shape index (κ1) is 12.4. The van der Waals surface area contributed by atoms with Crippen LogP contribution < -0.4 is 5.32 Å². The zero-order chi connectivity index (χ0) is 12.3. The number of aromatic amines is 1. The van der Waals surface area contributed by atoms with Crippen molar-refractivity contribution in [3.63, 3.8) is 0 Å². The summed E-state index contributed by atoms with van der Waals surface area (Å²) in [6, 6.07) is 6.14. The van der Waals surface area contributed by atoms with Crippen LogP contribution in [0.15, 0.2) is 23.4 Å². The van der Waals surface area contributed by atoms with E-state index in [1.165, 1.54) is 5.56 Å². The van der Waals surface area contributed by atoms with Gasteiger partial charge in [0.1, 0.15) is 0 Å². The topological polar surface area (TPSA) is 60.9 Å². The van der Waals surface area contributed by atoms with Gasteiger partial charge in [0.05, 0.1) is 17.1 Å². The number of likely N-dealkylation sites (N-methyl/N-ethyl adjacent to an activating group) is 1. The molecule has 2 rings (SSSR count). The second-order valence-corrected chi connectivity index (χ2v) is 5.09. The van der Waals surface area contributed by atoms with Crippen LogP contribution in [0, 0.1) is 6.92 Å². The van der Waals surface area contributed by atoms with Gasteiger partial charge in [0.25, 0.3) is 0 Å². The Morgan fingerprint density at radius 1 is 1.53 bits per heavy atom. The molecule has 1 heterocycles. The van der Waals surface area contributed by atoms with Crippen LogP contribution in [0.4, 0.5) is 0 Å². The Labute approximate surface area is 105 Å². The molecule has 2 aromatic rings. The number of hydrogen-bond acceptors (Lipinski definition) is 4. The third kappa shape index (κ3) is 3.21. The van der Waals surface area contributed by atoms with Crippen molar-refractivity contribution in [1.82, 2.24) is 15.3 Å². The fraction of sp³-hybridized carbons (Fsp3) is 0.417. The minimum atomic E-state index is -0.347. The van der Waals surface area contributed by atoms with E-state index in [9.17, 15) is 5.11 Å². The number of aromatic nitrogens is 2. The van der Waals surface area contributed by atoms with Crippen molar-refractivity contribution < 1.29 is 5.11 Å². The maximum atomic E-state index is 9.60. The van der Waals surface area contributed by atoms with E-state index in [0.717, 1.165) is 16.2 Å². The Balaban J connectivity index is 2.04. The molecule has 1 unspecified atom stereocenters. The molecule has 3 N–H and O–H groups in total. The molecule has 5 heteroatoms. The largest absolute Gasteiger partial charge is 0.391 e. The van der Waals surface area contributed by atoms with Crippen LogP contribution in [0.5, 0.6) is 0 Å². The van der Waals surface area contributed by atoms with Crippen molar-refractivity contribution in [2.75, 3.05) is 19.3 Å². The molecular weight excluding hydrogens is 234 g/mol. The fourth-order valence-electron chi connectivity index (χ4n) is 1.64. The first-order chi connectivity index (χ1) is 8.19. The van der Waals surface area contributed by atoms with Crippen LogP contribution in [-0.4, -0.2) is 40.5 Å². The zero-order valence-electron chi connectivity index (χ0n) is 10.0. The minimum Gasteiger partial charge on any atom is -0.391 e. The number of aliphatic hydroxyl groups is 1. The Morgan fingerprint density at radius 2 is 2.35 bits per heavy atom. The zero-order valence-corrected chi connectivity index (χ0v) is 10.8. The van der Waals surface area contributed by atoms with Crippen LogP contribution >= 0.6 is 11.8 Å². The lowest BCUT2D eigenvalue weighted by Crippen LogP contribution is -2.25. The van der Waals surface area contributed by atoms with Crippen molar-refractivity contribution in [3.05, 3.63) is 23.8 Å². The molecule has 0 spiro atoms. The van der Waals surface area contributed by atoms with Gasteiger partial charge in [0.15, 0.2) is 5.16 Å². The number of hydrogen-bond donors (Lipinski definition) is 3. The molecule has 0 fully saturated rings. The fourth-order valence-corrected chi connectivity index (χ4v) is 2.45. The highest BCUT2D eigenvalue weighted by Gasteiger charge is 2.07. The van der Waals surface area contributed by atoms with Gasteiger partial charge in [-0.2, -0.15) is 0 Å². The number of nitrogens with one attached hydrogen (secondary N) is 2. The van der Waals surface area contributed by atoms with Gasteiger partial charge in [-0.05, 0) is 31.7 Å². The molecule has 0 aliphatic heterocycles. The van der Waals surface area contributed by atoms with E-state index in [-0.39, 0.29) is 6.10 Å². The third-order valence-electron chi connectivity index (χ3n) is 2.47. The molecule has 17 heavy (non-hydrogen) atoms. The highest BCUT2D eigenvalue weighted by atomic mass is 32.2. The Hall–Kier alpha value is -1.04. The van der Waals surface area contributed by atoms with Crippen molar-refractivity contribution in [2.24, 2.45) is 0 Å². The second-order valence-electron chi connectivity index (χ2n) is 4.09. The monoisotopic (exact) mass is 251 g/mol. The second kappa shape index (κ2) is 5.53. The number of aryl methyl sites for hydroxylation is 1. The summed E-state index contributed by atoms with van der Waals surface area (Å²) in [4.78, 5) is 7.72. The van der Waals surface area contributed by atoms with E-state index in [0.29, 0.717) is 12.3 Å². The molecule has 92 valence electrons. The molecule has 1 aromatic carbocycles. The van der Waals surface area contributed by atoms with Crippen molar-refractivity contribution in [1.29, 1.82) is 0 Å². The first-order valence-electron chi connectivity index (χ1n) is 5.61. The number of aliphatic hydroxyl groups excluding tert-OH is 1. The van der Waals surface area contributed by atoms with E-state index in [2.05, 4.69) is 28.3 Å². The van der Waals surface area contributed by atoms with Gasteiger partial charge < -0.3 is 15.4 Å². The maximum absolute atomic E-state index is 9.60. The first-order valence-corrected chi connectivity index (χ1v) is 6.59. The summed E-state index contributed by atoms with van der Waals surface area (Å²) in [6.45, 7) is 2.66. The molecule has 4 nitrogen and oxygen atoms in total. The number of benzene rings is 1. The molecule has 0 saturated heterocycles. The average molecular weight is 251 g/mol. The van der Waals surface area contributed by atoms with Gasteiger partial charge >= 0.3 is 0 Å². The number of imidazole rings is 1. The molecule has 0 aliphatic carbocycles. The van der Waals surface area contributed by atoms with Gasteiger partial charge in [-0.25, -0.2) is 4.98 Å². The number of fused-ring (bicyclic) bond motifs is 1. The van der Waals surface area contributed by atoms with Gasteiger partial charge in [0.2, 0.25) is 0 Å². The molecule has 0 saturated carbocycles. The Morgan fingerprint density at radius 3 is 3.12 bits per heavy atom. The summed E-state index contributed by atoms with van der Waals surface area (Å²) in [5.74, 6) is 0.639. The number of H-pyrrole nitrogens is 1. The van der Waals surface area contributed by atoms with E-state index in [4.69, 9.17) is 0 Å². The molecule has 1 aromatic heterocycles. The lowest BCUT2D eigenvalue weighted by atomic mass is 10.2. The van der Waals surface area contributed by atoms with Crippen LogP contribution in [0.2, 0.25) is 0 Å². The van der Waals surface area contributed by atoms with E-state index >= 15 is 0 Å². The SMILES string of the molecule is CNCC(O)CSc1nc2ccc(C)cc2[nH]1. The van der Waals surface area contributed by atoms with Crippen molar-refractivity contribution in [3.8, 4) is 0 Å². The quantitative estimate of drug-likeness (QED) is 0.706. The summed E-state index contributed by atoms with van der Waals surface area (Å²) < 4.78 is 0. The molecule has 0 radical (unpaired) electrons. The minimum absolute atomic E-state index is 0.347. The Kier molecular flexibility index (Phi) is 4.04. The van der Waals surface area contributed by atoms with Crippen molar-refractivity contribution >= 4 is 22.8 Å². The summed E-state index contributed by atoms with van der Waals surface area (Å²) in [7, 11) is 1.83. The standard InChI is InChI=1S/C12H17N3OS/c1-8-3-4-10-11(5-8)15-12(14-10)17-7-9(16)6-13-2/h3-5,9,13,16H,6-7H2,1-2H3,(H,14,15). The van der Waals surface area contributed by atoms with E-state index < -0.39 is 0 Å². The lowest BCUT2D eigenvalue weighted by molar-refractivity contribution is 0.199. The van der Waals surface area contributed by atoms with Crippen LogP contribution in [0.3, 0.4) is 0 Å². The van der Waals surface area contributed by atoms with E-state index in [1.54, 1.807) is 11.8 Å². The summed E-state index contributed by atoms with van der Waals surface area (Å²) in [5, 5.41) is 13.4. The van der Waals surface area contributed by atoms with E-state index in [1.807, 2.05) is 19.2 Å².